The topological polar surface area (TPSA) is 0 Å². The van der Waals surface area contributed by atoms with Crippen molar-refractivity contribution in [1.29, 1.82) is 0 Å². The van der Waals surface area contributed by atoms with Gasteiger partial charge < -0.3 is 0 Å². The van der Waals surface area contributed by atoms with Crippen LogP contribution in [0.5, 0.6) is 0 Å². The zero-order chi connectivity index (χ0) is 24.9. The molecule has 0 spiro atoms. The molecule has 0 aromatic heterocycles. The number of hydrogen-bond donors (Lipinski definition) is 0. The van der Waals surface area contributed by atoms with E-state index in [2.05, 4.69) is 128 Å². The van der Waals surface area contributed by atoms with E-state index in [1.54, 1.807) is 0 Å². The van der Waals surface area contributed by atoms with E-state index in [1.807, 2.05) is 30.3 Å². The summed E-state index contributed by atoms with van der Waals surface area (Å²) in [5.74, 6) is 0. The first-order valence-electron chi connectivity index (χ1n) is 10.9. The summed E-state index contributed by atoms with van der Waals surface area (Å²) in [4.78, 5) is 0. The smallest absolute Gasteiger partial charge is 0.0809 e. The van der Waals surface area contributed by atoms with Gasteiger partial charge >= 0.3 is 37.9 Å². The quantitative estimate of drug-likeness (QED) is 0.122. The zero-order valence-electron chi connectivity index (χ0n) is 18.9. The molecule has 6 aromatic rings. The Morgan fingerprint density at radius 2 is 1.23 bits per heavy atom. The average molecular weight is 658 g/mol. The van der Waals surface area contributed by atoms with Crippen LogP contribution in [-0.4, -0.2) is 0 Å². The number of benzene rings is 4. The van der Waals surface area contributed by atoms with E-state index in [9.17, 15) is 0 Å². The molecule has 6 aromatic carbocycles. The van der Waals surface area contributed by atoms with Crippen molar-refractivity contribution in [1.82, 2.24) is 0 Å². The summed E-state index contributed by atoms with van der Waals surface area (Å²) in [5, 5.41) is 6.51. The molecule has 1 unspecified atom stereocenters. The van der Waals surface area contributed by atoms with E-state index in [0.29, 0.717) is 0 Å². The van der Waals surface area contributed by atoms with Gasteiger partial charge in [0.2, 0.25) is 0 Å². The molecule has 0 bridgehead atoms. The Kier molecular flexibility index (Phi) is 12.5. The Bertz CT molecular complexity index is 1350. The van der Waals surface area contributed by atoms with Crippen LogP contribution in [0, 0.1) is 0 Å². The SMILES string of the molecule is Brc1ccc(-c2cc3ccccc3[cH-]2)cc1.Pc1ccccc1.[Cl][Zr+2][Cl].c1ccc2[cH-]ccc2c1. The second-order valence-corrected chi connectivity index (χ2v) is 12.8. The van der Waals surface area contributed by atoms with E-state index in [1.165, 1.54) is 38.0 Å². The summed E-state index contributed by atoms with van der Waals surface area (Å²) in [6, 6.07) is 46.2. The first-order valence-corrected chi connectivity index (χ1v) is 18.6. The Morgan fingerprint density at radius 3 is 1.80 bits per heavy atom. The Morgan fingerprint density at radius 1 is 0.657 bits per heavy atom. The average Bonchev–Trinajstić information content (AvgIpc) is 3.53. The monoisotopic (exact) mass is 654 g/mol. The molecule has 0 radical (unpaired) electrons. The molecular weight excluding hydrogens is 633 g/mol. The number of hydrogen-bond acceptors (Lipinski definition) is 0. The van der Waals surface area contributed by atoms with Gasteiger partial charge in [0, 0.05) is 4.47 Å². The van der Waals surface area contributed by atoms with Crippen LogP contribution in [0.2, 0.25) is 0 Å². The van der Waals surface area contributed by atoms with Gasteiger partial charge in [-0.2, -0.15) is 17.5 Å². The van der Waals surface area contributed by atoms with Gasteiger partial charge in [0.1, 0.15) is 0 Å². The van der Waals surface area contributed by atoms with Gasteiger partial charge in [-0.15, -0.1) is 73.4 Å². The first-order chi connectivity index (χ1) is 17.1. The minimum atomic E-state index is -0.826. The minimum Gasteiger partial charge on any atom is -0.168 e. The molecule has 0 saturated carbocycles. The second kappa shape index (κ2) is 15.6. The van der Waals surface area contributed by atoms with Gasteiger partial charge in [0.05, 0.1) is 0 Å². The maximum Gasteiger partial charge on any atom is -0.0809 e. The molecule has 0 fully saturated rings. The van der Waals surface area contributed by atoms with E-state index in [-0.39, 0.29) is 0 Å². The summed E-state index contributed by atoms with van der Waals surface area (Å²) >= 11 is 2.63. The van der Waals surface area contributed by atoms with Crippen molar-refractivity contribution in [2.75, 3.05) is 0 Å². The van der Waals surface area contributed by atoms with Crippen molar-refractivity contribution in [3.05, 3.63) is 138 Å². The van der Waals surface area contributed by atoms with Gasteiger partial charge in [0.25, 0.3) is 0 Å². The number of fused-ring (bicyclic) bond motifs is 2. The molecule has 0 aliphatic carbocycles. The third-order valence-corrected chi connectivity index (χ3v) is 6.06. The molecule has 0 amide bonds. The van der Waals surface area contributed by atoms with E-state index in [0.717, 1.165) is 4.47 Å². The van der Waals surface area contributed by atoms with Gasteiger partial charge in [0.15, 0.2) is 0 Å². The molecule has 35 heavy (non-hydrogen) atoms. The maximum absolute atomic E-state index is 4.93. The molecule has 0 saturated heterocycles. The molecule has 6 rings (SSSR count). The summed E-state index contributed by atoms with van der Waals surface area (Å²) in [6.07, 6.45) is 0. The van der Waals surface area contributed by atoms with Gasteiger partial charge in [-0.05, 0) is 5.30 Å². The maximum atomic E-state index is 4.93. The molecule has 0 aliphatic rings. The zero-order valence-corrected chi connectivity index (χ0v) is 25.6. The minimum absolute atomic E-state index is 0.826. The van der Waals surface area contributed by atoms with Crippen molar-refractivity contribution < 1.29 is 20.8 Å². The molecule has 174 valence electrons. The molecule has 0 nitrogen and oxygen atoms in total. The fraction of sp³-hybridized carbons (Fsp3) is 0. The van der Waals surface area contributed by atoms with Crippen LogP contribution in [0.1, 0.15) is 0 Å². The van der Waals surface area contributed by atoms with E-state index < -0.39 is 20.8 Å². The summed E-state index contributed by atoms with van der Waals surface area (Å²) in [7, 11) is 12.5. The summed E-state index contributed by atoms with van der Waals surface area (Å²) in [5.41, 5.74) is 2.55. The first kappa shape index (κ1) is 28.1. The second-order valence-electron chi connectivity index (χ2n) is 7.52. The van der Waals surface area contributed by atoms with Crippen molar-refractivity contribution >= 4 is 69.0 Å². The molecular formula is C30H24BrCl2PZr. The standard InChI is InChI=1S/C15H10Br.C9H7.C6H7P.2ClH.Zr/c16-15-7-5-11(6-8-15)14-9-12-3-1-2-4-13(12)10-14;1-2-5-9-7-3-6-8(9)4-1;7-6-4-2-1-3-5-6;;;/h1-10H;1-7H;1-5H,7H2;2*1H;/q2*-1;;;;+4/p-2. The molecule has 1 atom stereocenters. The predicted molar refractivity (Wildman–Crippen MR) is 160 cm³/mol. The molecule has 0 aliphatic heterocycles. The summed E-state index contributed by atoms with van der Waals surface area (Å²) in [6.45, 7) is 0. The summed E-state index contributed by atoms with van der Waals surface area (Å²) < 4.78 is 1.12. The van der Waals surface area contributed by atoms with Crippen molar-refractivity contribution in [3.63, 3.8) is 0 Å². The normalized spacial score (nSPS) is 9.60. The van der Waals surface area contributed by atoms with Crippen molar-refractivity contribution in [2.45, 2.75) is 0 Å². The van der Waals surface area contributed by atoms with Gasteiger partial charge in [-0.1, -0.05) is 100 Å². The van der Waals surface area contributed by atoms with Crippen LogP contribution < -0.4 is 5.30 Å². The predicted octanol–water partition coefficient (Wildman–Crippen LogP) is 10.1. The fourth-order valence-electron chi connectivity index (χ4n) is 3.48. The van der Waals surface area contributed by atoms with E-state index in [4.69, 9.17) is 17.0 Å². The van der Waals surface area contributed by atoms with Crippen LogP contribution in [-0.2, 0) is 20.8 Å². The molecule has 5 heteroatoms. The fourth-order valence-corrected chi connectivity index (χ4v) is 3.97. The van der Waals surface area contributed by atoms with Crippen LogP contribution in [0.4, 0.5) is 0 Å². The Hall–Kier alpha value is -1.53. The number of halogens is 3. The largest absolute Gasteiger partial charge is 0.168 e. The Labute approximate surface area is 237 Å². The van der Waals surface area contributed by atoms with Crippen LogP contribution in [0.3, 0.4) is 0 Å². The van der Waals surface area contributed by atoms with Crippen molar-refractivity contribution in [3.8, 4) is 11.1 Å². The van der Waals surface area contributed by atoms with Gasteiger partial charge in [-0.25, -0.2) is 0 Å². The third kappa shape index (κ3) is 9.46. The molecule has 0 N–H and O–H groups in total. The van der Waals surface area contributed by atoms with Gasteiger partial charge in [-0.3, -0.25) is 0 Å². The van der Waals surface area contributed by atoms with Crippen LogP contribution in [0.25, 0.3) is 32.7 Å². The van der Waals surface area contributed by atoms with Crippen LogP contribution in [0.15, 0.2) is 138 Å². The third-order valence-electron chi connectivity index (χ3n) is 5.14. The molecule has 0 heterocycles. The number of rotatable bonds is 1. The Balaban J connectivity index is 0.000000152. The van der Waals surface area contributed by atoms with Crippen molar-refractivity contribution in [2.24, 2.45) is 0 Å². The van der Waals surface area contributed by atoms with E-state index >= 15 is 0 Å². The van der Waals surface area contributed by atoms with Crippen LogP contribution >= 0.6 is 42.2 Å².